The van der Waals surface area contributed by atoms with Crippen molar-refractivity contribution in [3.63, 3.8) is 0 Å². The van der Waals surface area contributed by atoms with E-state index >= 15 is 0 Å². The zero-order valence-electron chi connectivity index (χ0n) is 11.9. The normalized spacial score (nSPS) is 11.6. The van der Waals surface area contributed by atoms with Gasteiger partial charge in [-0.25, -0.2) is 4.79 Å². The number of amides is 1. The van der Waals surface area contributed by atoms with Gasteiger partial charge in [0.25, 0.3) is 5.91 Å². The fourth-order valence-corrected chi connectivity index (χ4v) is 1.55. The summed E-state index contributed by atoms with van der Waals surface area (Å²) in [5.41, 5.74) is 6.25. The molecule has 0 aliphatic carbocycles. The molecule has 0 radical (unpaired) electrons. The first-order valence-electron chi connectivity index (χ1n) is 6.41. The summed E-state index contributed by atoms with van der Waals surface area (Å²) in [6.07, 6.45) is -0.0599. The molecule has 0 saturated heterocycles. The summed E-state index contributed by atoms with van der Waals surface area (Å²) in [5.74, 6) is -0.623. The molecule has 6 heteroatoms. The third kappa shape index (κ3) is 4.15. The first kappa shape index (κ1) is 15.8. The highest BCUT2D eigenvalue weighted by molar-refractivity contribution is 5.95. The molecule has 0 bridgehead atoms. The zero-order valence-corrected chi connectivity index (χ0v) is 11.9. The van der Waals surface area contributed by atoms with Crippen LogP contribution in [0.25, 0.3) is 0 Å². The lowest BCUT2D eigenvalue weighted by Crippen LogP contribution is -2.36. The Balaban J connectivity index is 2.75. The summed E-state index contributed by atoms with van der Waals surface area (Å²) in [5, 5.41) is 2.66. The molecule has 6 nitrogen and oxygen atoms in total. The highest BCUT2D eigenvalue weighted by Crippen LogP contribution is 2.22. The fourth-order valence-electron chi connectivity index (χ4n) is 1.55. The van der Waals surface area contributed by atoms with E-state index < -0.39 is 12.1 Å². The molecule has 1 amide bonds. The predicted molar refractivity (Wildman–Crippen MR) is 75.6 cm³/mol. The van der Waals surface area contributed by atoms with Crippen LogP contribution in [0.4, 0.5) is 5.69 Å². The number of anilines is 1. The van der Waals surface area contributed by atoms with Crippen molar-refractivity contribution in [1.29, 1.82) is 0 Å². The highest BCUT2D eigenvalue weighted by atomic mass is 16.5. The number of nitrogens with two attached hydrogens (primary N) is 1. The molecule has 110 valence electrons. The monoisotopic (exact) mass is 280 g/mol. The third-order valence-electron chi connectivity index (χ3n) is 2.65. The maximum absolute atomic E-state index is 12.0. The van der Waals surface area contributed by atoms with E-state index in [-0.39, 0.29) is 11.5 Å². The number of ether oxygens (including phenoxy) is 2. The van der Waals surface area contributed by atoms with E-state index in [2.05, 4.69) is 5.32 Å². The second kappa shape index (κ2) is 7.37. The number of carbonyl (C=O) groups is 2. The van der Waals surface area contributed by atoms with Gasteiger partial charge in [-0.05, 0) is 31.5 Å². The van der Waals surface area contributed by atoms with Gasteiger partial charge in [0.1, 0.15) is 11.3 Å². The molecule has 3 N–H and O–H groups in total. The molecule has 0 fully saturated rings. The molecule has 0 aromatic heterocycles. The standard InChI is InChI=1S/C14H20N2O4/c1-4-7-16-13(17)9(2)20-14(18)11-8-10(15)5-6-12(11)19-3/h5-6,8-9H,4,7,15H2,1-3H3,(H,16,17). The lowest BCUT2D eigenvalue weighted by Gasteiger charge is -2.14. The van der Waals surface area contributed by atoms with E-state index in [1.807, 2.05) is 6.92 Å². The number of benzene rings is 1. The number of esters is 1. The predicted octanol–water partition coefficient (Wildman–Crippen LogP) is 1.35. The minimum absolute atomic E-state index is 0.197. The molecule has 1 unspecified atom stereocenters. The first-order chi connectivity index (χ1) is 9.49. The largest absolute Gasteiger partial charge is 0.496 e. The molecule has 1 rings (SSSR count). The number of carbonyl (C=O) groups excluding carboxylic acids is 2. The van der Waals surface area contributed by atoms with Gasteiger partial charge in [-0.15, -0.1) is 0 Å². The van der Waals surface area contributed by atoms with Crippen LogP contribution in [-0.4, -0.2) is 31.6 Å². The van der Waals surface area contributed by atoms with Crippen molar-refractivity contribution in [3.05, 3.63) is 23.8 Å². The molecular weight excluding hydrogens is 260 g/mol. The Kier molecular flexibility index (Phi) is 5.83. The van der Waals surface area contributed by atoms with Gasteiger partial charge in [0.2, 0.25) is 0 Å². The Hall–Kier alpha value is -2.24. The van der Waals surface area contributed by atoms with Crippen LogP contribution in [0.2, 0.25) is 0 Å². The number of hydrogen-bond donors (Lipinski definition) is 2. The van der Waals surface area contributed by atoms with Crippen molar-refractivity contribution in [1.82, 2.24) is 5.32 Å². The summed E-state index contributed by atoms with van der Waals surface area (Å²) < 4.78 is 10.2. The van der Waals surface area contributed by atoms with Crippen molar-refractivity contribution < 1.29 is 19.1 Å². The lowest BCUT2D eigenvalue weighted by molar-refractivity contribution is -0.129. The highest BCUT2D eigenvalue weighted by Gasteiger charge is 2.21. The molecule has 20 heavy (non-hydrogen) atoms. The van der Waals surface area contributed by atoms with Gasteiger partial charge in [0, 0.05) is 12.2 Å². The van der Waals surface area contributed by atoms with Crippen LogP contribution in [0, 0.1) is 0 Å². The van der Waals surface area contributed by atoms with Crippen molar-refractivity contribution in [3.8, 4) is 5.75 Å². The third-order valence-corrected chi connectivity index (χ3v) is 2.65. The average Bonchev–Trinajstić information content (AvgIpc) is 2.44. The lowest BCUT2D eigenvalue weighted by atomic mass is 10.2. The van der Waals surface area contributed by atoms with Gasteiger partial charge in [-0.3, -0.25) is 4.79 Å². The van der Waals surface area contributed by atoms with E-state index in [0.717, 1.165) is 6.42 Å². The van der Waals surface area contributed by atoms with Gasteiger partial charge in [-0.1, -0.05) is 6.92 Å². The van der Waals surface area contributed by atoms with E-state index in [4.69, 9.17) is 15.2 Å². The van der Waals surface area contributed by atoms with E-state index in [9.17, 15) is 9.59 Å². The molecule has 0 saturated carbocycles. The number of nitrogen functional groups attached to an aromatic ring is 1. The Labute approximate surface area is 118 Å². The second-order valence-corrected chi connectivity index (χ2v) is 4.30. The minimum Gasteiger partial charge on any atom is -0.496 e. The van der Waals surface area contributed by atoms with Crippen LogP contribution in [0.1, 0.15) is 30.6 Å². The number of methoxy groups -OCH3 is 1. The average molecular weight is 280 g/mol. The van der Waals surface area contributed by atoms with Gasteiger partial charge in [0.05, 0.1) is 7.11 Å². The number of hydrogen-bond acceptors (Lipinski definition) is 5. The summed E-state index contributed by atoms with van der Waals surface area (Å²) in [6.45, 7) is 4.00. The molecule has 1 aromatic carbocycles. The maximum atomic E-state index is 12.0. The molecule has 0 aliphatic rings. The number of nitrogens with one attached hydrogen (secondary N) is 1. The van der Waals surface area contributed by atoms with Crippen molar-refractivity contribution in [2.75, 3.05) is 19.4 Å². The van der Waals surface area contributed by atoms with Crippen LogP contribution in [0.3, 0.4) is 0 Å². The Morgan fingerprint density at radius 2 is 2.10 bits per heavy atom. The summed E-state index contributed by atoms with van der Waals surface area (Å²) >= 11 is 0. The molecular formula is C14H20N2O4. The smallest absolute Gasteiger partial charge is 0.342 e. The quantitative estimate of drug-likeness (QED) is 0.606. The molecule has 0 aliphatic heterocycles. The SMILES string of the molecule is CCCNC(=O)C(C)OC(=O)c1cc(N)ccc1OC. The zero-order chi connectivity index (χ0) is 15.1. The molecule has 1 aromatic rings. The maximum Gasteiger partial charge on any atom is 0.342 e. The van der Waals surface area contributed by atoms with Crippen molar-refractivity contribution in [2.24, 2.45) is 0 Å². The summed E-state index contributed by atoms with van der Waals surface area (Å²) in [7, 11) is 1.44. The van der Waals surface area contributed by atoms with Crippen LogP contribution < -0.4 is 15.8 Å². The van der Waals surface area contributed by atoms with Crippen molar-refractivity contribution >= 4 is 17.6 Å². The van der Waals surface area contributed by atoms with Gasteiger partial charge in [-0.2, -0.15) is 0 Å². The van der Waals surface area contributed by atoms with Crippen LogP contribution in [0.15, 0.2) is 18.2 Å². The van der Waals surface area contributed by atoms with Crippen LogP contribution in [0.5, 0.6) is 5.75 Å². The van der Waals surface area contributed by atoms with Crippen LogP contribution >= 0.6 is 0 Å². The van der Waals surface area contributed by atoms with Gasteiger partial charge < -0.3 is 20.5 Å². The Morgan fingerprint density at radius 3 is 2.70 bits per heavy atom. The molecule has 0 heterocycles. The first-order valence-corrected chi connectivity index (χ1v) is 6.41. The van der Waals surface area contributed by atoms with Crippen molar-refractivity contribution in [2.45, 2.75) is 26.4 Å². The Bertz CT molecular complexity index is 488. The summed E-state index contributed by atoms with van der Waals surface area (Å²) in [4.78, 5) is 23.7. The van der Waals surface area contributed by atoms with Crippen LogP contribution in [-0.2, 0) is 9.53 Å². The van der Waals surface area contributed by atoms with E-state index in [1.165, 1.54) is 20.1 Å². The Morgan fingerprint density at radius 1 is 1.40 bits per heavy atom. The van der Waals surface area contributed by atoms with Gasteiger partial charge >= 0.3 is 5.97 Å². The number of rotatable bonds is 6. The topological polar surface area (TPSA) is 90.7 Å². The molecule has 0 spiro atoms. The fraction of sp³-hybridized carbons (Fsp3) is 0.429. The minimum atomic E-state index is -0.875. The van der Waals surface area contributed by atoms with E-state index in [0.29, 0.717) is 18.0 Å². The molecule has 1 atom stereocenters. The summed E-state index contributed by atoms with van der Waals surface area (Å²) in [6, 6.07) is 4.65. The second-order valence-electron chi connectivity index (χ2n) is 4.30. The van der Waals surface area contributed by atoms with Gasteiger partial charge in [0.15, 0.2) is 6.10 Å². The van der Waals surface area contributed by atoms with E-state index in [1.54, 1.807) is 12.1 Å².